The van der Waals surface area contributed by atoms with Crippen LogP contribution < -0.4 is 20.1 Å². The van der Waals surface area contributed by atoms with E-state index in [1.54, 1.807) is 20.3 Å². The fourth-order valence-corrected chi connectivity index (χ4v) is 6.63. The lowest BCUT2D eigenvalue weighted by Gasteiger charge is -2.39. The van der Waals surface area contributed by atoms with E-state index in [-0.39, 0.29) is 17.1 Å². The lowest BCUT2D eigenvalue weighted by molar-refractivity contribution is -0.118. The summed E-state index contributed by atoms with van der Waals surface area (Å²) >= 11 is 4.89. The van der Waals surface area contributed by atoms with Gasteiger partial charge in [0.25, 0.3) is 5.91 Å². The van der Waals surface area contributed by atoms with E-state index in [9.17, 15) is 9.59 Å². The van der Waals surface area contributed by atoms with E-state index in [2.05, 4.69) is 45.4 Å². The molecule has 3 aromatic rings. The highest BCUT2D eigenvalue weighted by Crippen LogP contribution is 2.49. The van der Waals surface area contributed by atoms with E-state index in [1.807, 2.05) is 37.3 Å². The minimum atomic E-state index is -0.593. The molecule has 1 aliphatic carbocycles. The number of aromatic nitrogens is 1. The maximum Gasteiger partial charge on any atom is 0.256 e. The van der Waals surface area contributed by atoms with Gasteiger partial charge >= 0.3 is 0 Å². The van der Waals surface area contributed by atoms with Gasteiger partial charge in [0.2, 0.25) is 0 Å². The van der Waals surface area contributed by atoms with Gasteiger partial charge in [-0.25, -0.2) is 4.98 Å². The summed E-state index contributed by atoms with van der Waals surface area (Å²) in [6, 6.07) is 11.3. The summed E-state index contributed by atoms with van der Waals surface area (Å²) in [4.78, 5) is 32.1. The number of methoxy groups -OCH3 is 2. The van der Waals surface area contributed by atoms with Gasteiger partial charge in [0.05, 0.1) is 30.4 Å². The average molecular weight is 583 g/mol. The number of halogens is 1. The molecule has 9 heteroatoms. The lowest BCUT2D eigenvalue weighted by Crippen LogP contribution is -2.39. The predicted octanol–water partition coefficient (Wildman–Crippen LogP) is 6.32. The van der Waals surface area contributed by atoms with Crippen molar-refractivity contribution in [2.75, 3.05) is 19.5 Å². The number of hydrogen-bond donors (Lipinski definition) is 2. The Hall–Kier alpha value is -3.17. The Kier molecular flexibility index (Phi) is 6.62. The number of benzene rings is 2. The first-order valence-corrected chi connectivity index (χ1v) is 13.5. The van der Waals surface area contributed by atoms with Crippen LogP contribution in [-0.2, 0) is 9.59 Å². The van der Waals surface area contributed by atoms with Gasteiger partial charge in [0, 0.05) is 45.1 Å². The Balaban J connectivity index is 1.61. The fraction of sp³-hybridized carbons (Fsp3) is 0.321. The molecular weight excluding hydrogens is 554 g/mol. The number of Topliss-reactive ketones (excluding diaryl/α,β-unsaturated/α-hetero) is 1. The molecule has 7 nitrogen and oxygen atoms in total. The predicted molar refractivity (Wildman–Crippen MR) is 149 cm³/mol. The average Bonchev–Trinajstić information content (AvgIpc) is 3.22. The third-order valence-corrected chi connectivity index (χ3v) is 8.23. The number of thiazole rings is 1. The van der Waals surface area contributed by atoms with Crippen LogP contribution in [0.2, 0.25) is 0 Å². The zero-order valence-electron chi connectivity index (χ0n) is 21.3. The van der Waals surface area contributed by atoms with E-state index < -0.39 is 5.92 Å². The highest BCUT2D eigenvalue weighted by Gasteiger charge is 2.43. The summed E-state index contributed by atoms with van der Waals surface area (Å²) in [7, 11) is 3.17. The van der Waals surface area contributed by atoms with Crippen LogP contribution in [0.15, 0.2) is 63.4 Å². The maximum absolute atomic E-state index is 13.9. The molecule has 0 radical (unpaired) electrons. The number of carbonyl (C=O) groups excluding carboxylic acids is 2. The Morgan fingerprint density at radius 2 is 1.95 bits per heavy atom. The van der Waals surface area contributed by atoms with Crippen LogP contribution in [0.3, 0.4) is 0 Å². The zero-order valence-corrected chi connectivity index (χ0v) is 23.7. The van der Waals surface area contributed by atoms with E-state index in [1.165, 1.54) is 11.3 Å². The minimum absolute atomic E-state index is 0.0317. The highest BCUT2D eigenvalue weighted by atomic mass is 79.9. The normalized spacial score (nSPS) is 19.0. The molecule has 1 amide bonds. The standard InChI is InChI=1S/C28H28BrN3O4S/c1-14-23(26(34)32-27-31-18-9-6-15(29)10-22(18)37-27)24(17-8-7-16(35-4)11-21(17)36-5)25-19(30-14)12-28(2,3)13-20(25)33/h6-11,24,30H,12-13H2,1-5H3,(H,31,32,34). The van der Waals surface area contributed by atoms with Crippen LogP contribution in [0.4, 0.5) is 5.13 Å². The van der Waals surface area contributed by atoms with Crippen molar-refractivity contribution in [1.82, 2.24) is 10.3 Å². The van der Waals surface area contributed by atoms with Crippen molar-refractivity contribution in [2.45, 2.75) is 39.5 Å². The number of ketones is 1. The summed E-state index contributed by atoms with van der Waals surface area (Å²) in [5, 5.41) is 6.89. The van der Waals surface area contributed by atoms with Crippen molar-refractivity contribution in [3.63, 3.8) is 0 Å². The second kappa shape index (κ2) is 9.61. The number of allylic oxidation sites excluding steroid dienone is 3. The first-order valence-electron chi connectivity index (χ1n) is 11.9. The van der Waals surface area contributed by atoms with Crippen LogP contribution in [0.25, 0.3) is 10.2 Å². The number of hydrogen-bond acceptors (Lipinski definition) is 7. The summed E-state index contributed by atoms with van der Waals surface area (Å²) in [6.07, 6.45) is 1.12. The number of amides is 1. The topological polar surface area (TPSA) is 89.5 Å². The SMILES string of the molecule is COc1ccc(C2C(C(=O)Nc3nc4ccc(Br)cc4s3)=C(C)NC3=C2C(=O)CC(C)(C)C3)c(OC)c1. The quantitative estimate of drug-likeness (QED) is 0.366. The number of rotatable bonds is 5. The van der Waals surface area contributed by atoms with E-state index in [0.29, 0.717) is 46.3 Å². The van der Waals surface area contributed by atoms with Crippen LogP contribution >= 0.6 is 27.3 Å². The molecule has 2 aromatic carbocycles. The number of dihydropyridines is 1. The first-order chi connectivity index (χ1) is 17.6. The van der Waals surface area contributed by atoms with Gasteiger partial charge in [0.1, 0.15) is 11.5 Å². The summed E-state index contributed by atoms with van der Waals surface area (Å²) < 4.78 is 13.0. The number of nitrogens with zero attached hydrogens (tertiary/aromatic N) is 1. The monoisotopic (exact) mass is 581 g/mol. The van der Waals surface area contributed by atoms with E-state index >= 15 is 0 Å². The second-order valence-corrected chi connectivity index (χ2v) is 12.1. The zero-order chi connectivity index (χ0) is 26.5. The van der Waals surface area contributed by atoms with Crippen molar-refractivity contribution in [1.29, 1.82) is 0 Å². The van der Waals surface area contributed by atoms with Gasteiger partial charge in [-0.05, 0) is 43.0 Å². The summed E-state index contributed by atoms with van der Waals surface area (Å²) in [6.45, 7) is 6.06. The Labute approximate surface area is 228 Å². The number of fused-ring (bicyclic) bond motifs is 1. The smallest absolute Gasteiger partial charge is 0.256 e. The van der Waals surface area contributed by atoms with Gasteiger partial charge in [-0.2, -0.15) is 0 Å². The molecule has 0 spiro atoms. The second-order valence-electron chi connectivity index (χ2n) is 10.1. The molecule has 192 valence electrons. The number of ether oxygens (including phenoxy) is 2. The van der Waals surface area contributed by atoms with Gasteiger partial charge in [0.15, 0.2) is 10.9 Å². The van der Waals surface area contributed by atoms with Crippen LogP contribution in [0, 0.1) is 5.41 Å². The summed E-state index contributed by atoms with van der Waals surface area (Å²) in [5.41, 5.74) is 4.02. The highest BCUT2D eigenvalue weighted by molar-refractivity contribution is 9.10. The third kappa shape index (κ3) is 4.78. The molecule has 1 aliphatic heterocycles. The Morgan fingerprint density at radius 3 is 2.68 bits per heavy atom. The molecule has 1 atom stereocenters. The van der Waals surface area contributed by atoms with E-state index in [0.717, 1.165) is 25.9 Å². The van der Waals surface area contributed by atoms with Crippen molar-refractivity contribution in [3.8, 4) is 11.5 Å². The lowest BCUT2D eigenvalue weighted by atomic mass is 9.68. The van der Waals surface area contributed by atoms with Crippen molar-refractivity contribution < 1.29 is 19.1 Å². The molecule has 1 unspecified atom stereocenters. The van der Waals surface area contributed by atoms with Crippen molar-refractivity contribution >= 4 is 54.3 Å². The molecule has 1 aromatic heterocycles. The van der Waals surface area contributed by atoms with Crippen LogP contribution in [0.1, 0.15) is 45.1 Å². The largest absolute Gasteiger partial charge is 0.497 e. The molecule has 5 rings (SSSR count). The Morgan fingerprint density at radius 1 is 1.16 bits per heavy atom. The van der Waals surface area contributed by atoms with Gasteiger partial charge in [-0.3, -0.25) is 14.9 Å². The molecule has 2 aliphatic rings. The molecular formula is C28H28BrN3O4S. The fourth-order valence-electron chi connectivity index (χ4n) is 5.22. The number of anilines is 1. The van der Waals surface area contributed by atoms with E-state index in [4.69, 9.17) is 9.47 Å². The third-order valence-electron chi connectivity index (χ3n) is 6.81. The molecule has 0 fully saturated rings. The maximum atomic E-state index is 13.9. The van der Waals surface area contributed by atoms with Crippen molar-refractivity contribution in [3.05, 3.63) is 69.0 Å². The molecule has 0 saturated carbocycles. The summed E-state index contributed by atoms with van der Waals surface area (Å²) in [5.74, 6) is 0.314. The van der Waals surface area contributed by atoms with Gasteiger partial charge < -0.3 is 14.8 Å². The molecule has 0 saturated heterocycles. The minimum Gasteiger partial charge on any atom is -0.497 e. The number of nitrogens with one attached hydrogen (secondary N) is 2. The molecule has 37 heavy (non-hydrogen) atoms. The van der Waals surface area contributed by atoms with Crippen molar-refractivity contribution in [2.24, 2.45) is 5.41 Å². The Bertz CT molecular complexity index is 1500. The van der Waals surface area contributed by atoms with Gasteiger partial charge in [-0.15, -0.1) is 0 Å². The molecule has 2 N–H and O–H groups in total. The van der Waals surface area contributed by atoms with Gasteiger partial charge in [-0.1, -0.05) is 47.2 Å². The first kappa shape index (κ1) is 25.5. The molecule has 0 bridgehead atoms. The number of carbonyl (C=O) groups is 2. The van der Waals surface area contributed by atoms with Crippen LogP contribution in [0.5, 0.6) is 11.5 Å². The molecule has 2 heterocycles. The van der Waals surface area contributed by atoms with Crippen LogP contribution in [-0.4, -0.2) is 30.9 Å².